The molecular weight excluding hydrogens is 242 g/mol. The Morgan fingerprint density at radius 1 is 1.43 bits per heavy atom. The predicted molar refractivity (Wildman–Crippen MR) is 59.4 cm³/mol. The summed E-state index contributed by atoms with van der Waals surface area (Å²) in [4.78, 5) is 0. The molecule has 1 aromatic rings. The van der Waals surface area contributed by atoms with E-state index in [9.17, 15) is 4.21 Å². The van der Waals surface area contributed by atoms with Gasteiger partial charge in [-0.1, -0.05) is 11.6 Å². The zero-order chi connectivity index (χ0) is 9.97. The first-order valence-electron chi connectivity index (χ1n) is 4.35. The smallest absolute Gasteiger partial charge is 0.186 e. The topological polar surface area (TPSA) is 54.9 Å². The summed E-state index contributed by atoms with van der Waals surface area (Å²) in [5.41, 5.74) is 0. The highest BCUT2D eigenvalue weighted by molar-refractivity contribution is 7.85. The first-order chi connectivity index (χ1) is 6.75. The van der Waals surface area contributed by atoms with Crippen LogP contribution in [0.15, 0.2) is 0 Å². The van der Waals surface area contributed by atoms with E-state index in [1.165, 1.54) is 0 Å². The number of rotatable bonds is 2. The molecule has 0 spiro atoms. The molecule has 2 heterocycles. The van der Waals surface area contributed by atoms with Crippen LogP contribution in [-0.2, 0) is 10.8 Å². The van der Waals surface area contributed by atoms with Gasteiger partial charge in [-0.2, -0.15) is 8.75 Å². The molecule has 0 saturated carbocycles. The summed E-state index contributed by atoms with van der Waals surface area (Å²) in [5.74, 6) is 2.20. The minimum atomic E-state index is -0.621. The molecule has 7 heteroatoms. The zero-order valence-electron chi connectivity index (χ0n) is 7.40. The van der Waals surface area contributed by atoms with Crippen molar-refractivity contribution in [3.8, 4) is 0 Å². The van der Waals surface area contributed by atoms with Crippen LogP contribution >= 0.6 is 23.3 Å². The van der Waals surface area contributed by atoms with Crippen LogP contribution in [0.25, 0.3) is 0 Å². The minimum absolute atomic E-state index is 0.342. The van der Waals surface area contributed by atoms with E-state index in [2.05, 4.69) is 14.1 Å². The third-order valence-corrected chi connectivity index (χ3v) is 4.45. The van der Waals surface area contributed by atoms with Crippen molar-refractivity contribution in [1.29, 1.82) is 0 Å². The number of anilines is 1. The van der Waals surface area contributed by atoms with E-state index in [-0.39, 0.29) is 0 Å². The molecule has 0 atom stereocenters. The number of nitrogens with one attached hydrogen (secondary N) is 1. The number of aromatic nitrogens is 2. The van der Waals surface area contributed by atoms with Crippen LogP contribution in [0.5, 0.6) is 0 Å². The third-order valence-electron chi connectivity index (χ3n) is 2.18. The average Bonchev–Trinajstić information content (AvgIpc) is 2.56. The van der Waals surface area contributed by atoms with Crippen molar-refractivity contribution in [3.63, 3.8) is 0 Å². The van der Waals surface area contributed by atoms with Gasteiger partial charge in [0.25, 0.3) is 0 Å². The second-order valence-electron chi connectivity index (χ2n) is 3.17. The molecule has 1 saturated heterocycles. The van der Waals surface area contributed by atoms with E-state index >= 15 is 0 Å². The van der Waals surface area contributed by atoms with Crippen molar-refractivity contribution in [1.82, 2.24) is 8.75 Å². The van der Waals surface area contributed by atoms with Gasteiger partial charge in [-0.3, -0.25) is 4.21 Å². The summed E-state index contributed by atoms with van der Waals surface area (Å²) in [6.45, 7) is 0. The SMILES string of the molecule is O=S1CCC(Nc2nsnc2Cl)CC1. The molecule has 0 aliphatic carbocycles. The Bertz CT molecular complexity index is 333. The third kappa shape index (κ3) is 2.43. The lowest BCUT2D eigenvalue weighted by Gasteiger charge is -2.22. The van der Waals surface area contributed by atoms with Crippen molar-refractivity contribution >= 4 is 39.9 Å². The second-order valence-corrected chi connectivity index (χ2v) is 5.75. The number of hydrogen-bond acceptors (Lipinski definition) is 5. The highest BCUT2D eigenvalue weighted by Gasteiger charge is 2.19. The molecule has 0 bridgehead atoms. The van der Waals surface area contributed by atoms with Gasteiger partial charge in [0.15, 0.2) is 11.0 Å². The molecule has 0 unspecified atom stereocenters. The number of hydrogen-bond donors (Lipinski definition) is 1. The molecule has 2 rings (SSSR count). The maximum Gasteiger partial charge on any atom is 0.186 e. The highest BCUT2D eigenvalue weighted by Crippen LogP contribution is 2.21. The van der Waals surface area contributed by atoms with Gasteiger partial charge in [0.05, 0.1) is 11.7 Å². The van der Waals surface area contributed by atoms with E-state index in [0.29, 0.717) is 17.0 Å². The van der Waals surface area contributed by atoms with Crippen LogP contribution in [0.4, 0.5) is 5.82 Å². The van der Waals surface area contributed by atoms with E-state index in [1.54, 1.807) is 0 Å². The van der Waals surface area contributed by atoms with Crippen LogP contribution in [0.2, 0.25) is 5.15 Å². The Hall–Kier alpha value is -0.200. The number of nitrogens with zero attached hydrogens (tertiary/aromatic N) is 2. The van der Waals surface area contributed by atoms with Gasteiger partial charge in [0, 0.05) is 28.3 Å². The maximum absolute atomic E-state index is 11.1. The quantitative estimate of drug-likeness (QED) is 0.866. The summed E-state index contributed by atoms with van der Waals surface area (Å²) in [6.07, 6.45) is 1.83. The van der Waals surface area contributed by atoms with Gasteiger partial charge in [0.2, 0.25) is 0 Å². The number of halogens is 1. The molecule has 0 radical (unpaired) electrons. The lowest BCUT2D eigenvalue weighted by molar-refractivity contribution is 0.623. The van der Waals surface area contributed by atoms with Crippen LogP contribution in [-0.4, -0.2) is 30.5 Å². The van der Waals surface area contributed by atoms with Crippen LogP contribution in [0.3, 0.4) is 0 Å². The Morgan fingerprint density at radius 2 is 2.14 bits per heavy atom. The molecule has 78 valence electrons. The van der Waals surface area contributed by atoms with E-state index in [1.807, 2.05) is 0 Å². The molecule has 4 nitrogen and oxygen atoms in total. The molecular formula is C7H10ClN3OS2. The lowest BCUT2D eigenvalue weighted by atomic mass is 10.1. The molecule has 1 N–H and O–H groups in total. The van der Waals surface area contributed by atoms with E-state index < -0.39 is 10.8 Å². The van der Waals surface area contributed by atoms with Gasteiger partial charge in [-0.25, -0.2) is 0 Å². The summed E-state index contributed by atoms with van der Waals surface area (Å²) in [5, 5.41) is 3.65. The van der Waals surface area contributed by atoms with Crippen LogP contribution in [0, 0.1) is 0 Å². The highest BCUT2D eigenvalue weighted by atomic mass is 35.5. The lowest BCUT2D eigenvalue weighted by Crippen LogP contribution is -2.29. The predicted octanol–water partition coefficient (Wildman–Crippen LogP) is 1.51. The Kier molecular flexibility index (Phi) is 3.35. The molecule has 1 aromatic heterocycles. The summed E-state index contributed by atoms with van der Waals surface area (Å²) >= 11 is 6.90. The summed E-state index contributed by atoms with van der Waals surface area (Å²) < 4.78 is 19.0. The Balaban J connectivity index is 1.92. The fourth-order valence-electron chi connectivity index (χ4n) is 1.40. The van der Waals surface area contributed by atoms with Gasteiger partial charge in [0.1, 0.15) is 0 Å². The van der Waals surface area contributed by atoms with Gasteiger partial charge >= 0.3 is 0 Å². The first kappa shape index (κ1) is 10.3. The van der Waals surface area contributed by atoms with Crippen molar-refractivity contribution < 1.29 is 4.21 Å². The van der Waals surface area contributed by atoms with Crippen molar-refractivity contribution in [2.45, 2.75) is 18.9 Å². The van der Waals surface area contributed by atoms with Crippen LogP contribution < -0.4 is 5.32 Å². The second kappa shape index (κ2) is 4.55. The van der Waals surface area contributed by atoms with E-state index in [0.717, 1.165) is 36.1 Å². The van der Waals surface area contributed by atoms with Crippen LogP contribution in [0.1, 0.15) is 12.8 Å². The van der Waals surface area contributed by atoms with E-state index in [4.69, 9.17) is 11.6 Å². The van der Waals surface area contributed by atoms with Gasteiger partial charge in [-0.05, 0) is 12.8 Å². The van der Waals surface area contributed by atoms with Gasteiger partial charge in [-0.15, -0.1) is 0 Å². The summed E-state index contributed by atoms with van der Waals surface area (Å²) in [7, 11) is -0.621. The fraction of sp³-hybridized carbons (Fsp3) is 0.714. The zero-order valence-corrected chi connectivity index (χ0v) is 9.79. The maximum atomic E-state index is 11.1. The molecule has 1 aliphatic heterocycles. The molecule has 14 heavy (non-hydrogen) atoms. The monoisotopic (exact) mass is 251 g/mol. The standard InChI is InChI=1S/C7H10ClN3OS2/c8-6-7(11-13-10-6)9-5-1-3-14(12)4-2-5/h5H,1-4H2,(H,9,11). The normalized spacial score (nSPS) is 27.5. The molecule has 0 aromatic carbocycles. The van der Waals surface area contributed by atoms with Crippen molar-refractivity contribution in [2.75, 3.05) is 16.8 Å². The fourth-order valence-corrected chi connectivity index (χ4v) is 3.35. The first-order valence-corrected chi connectivity index (χ1v) is 6.95. The molecule has 1 fully saturated rings. The Morgan fingerprint density at radius 3 is 2.71 bits per heavy atom. The molecule has 0 amide bonds. The van der Waals surface area contributed by atoms with Crippen molar-refractivity contribution in [2.24, 2.45) is 0 Å². The molecule has 1 aliphatic rings. The van der Waals surface area contributed by atoms with Gasteiger partial charge < -0.3 is 5.32 Å². The van der Waals surface area contributed by atoms with Crippen molar-refractivity contribution in [3.05, 3.63) is 5.15 Å². The average molecular weight is 252 g/mol. The summed E-state index contributed by atoms with van der Waals surface area (Å²) in [6, 6.07) is 0.342. The minimum Gasteiger partial charge on any atom is -0.364 e. The largest absolute Gasteiger partial charge is 0.364 e. The Labute approximate surface area is 93.8 Å².